The Labute approximate surface area is 187 Å². The number of aromatic nitrogens is 3. The molecule has 2 aliphatic heterocycles. The Balaban J connectivity index is 1.40. The molecule has 9 heteroatoms. The Bertz CT molecular complexity index is 1030. The minimum atomic E-state index is -0.868. The van der Waals surface area contributed by atoms with Gasteiger partial charge in [0.05, 0.1) is 24.0 Å². The van der Waals surface area contributed by atoms with E-state index in [1.54, 1.807) is 6.20 Å². The standard InChI is InChI=1S/C23H29N7O2/c1-15-18-13-26-23(27-20-7-6-17(12-25-20)29-10-8-24-9-11-29)28-21(18)30(14-19(15)22(31)32)16-4-2-3-5-16/h6-7,12-13,16,24H,2-5,8-11,14H2,1H3,(H,31,32)(H,25,26,27,28). The summed E-state index contributed by atoms with van der Waals surface area (Å²) in [5.41, 5.74) is 3.08. The molecule has 2 aromatic heterocycles. The topological polar surface area (TPSA) is 107 Å². The first kappa shape index (κ1) is 20.7. The zero-order valence-electron chi connectivity index (χ0n) is 18.3. The molecule has 1 saturated carbocycles. The minimum Gasteiger partial charge on any atom is -0.478 e. The predicted molar refractivity (Wildman–Crippen MR) is 124 cm³/mol. The number of aliphatic carboxylic acids is 1. The highest BCUT2D eigenvalue weighted by molar-refractivity contribution is 6.00. The molecule has 9 nitrogen and oxygen atoms in total. The van der Waals surface area contributed by atoms with Crippen LogP contribution in [0.3, 0.4) is 0 Å². The highest BCUT2D eigenvalue weighted by Gasteiger charge is 2.33. The molecule has 2 fully saturated rings. The number of carboxylic acids is 1. The molecular weight excluding hydrogens is 406 g/mol. The molecule has 0 spiro atoms. The third-order valence-corrected chi connectivity index (χ3v) is 6.72. The molecule has 0 radical (unpaired) electrons. The SMILES string of the molecule is CC1=C(C(=O)O)CN(C2CCCC2)c2nc(Nc3ccc(N4CCNCC4)cn3)ncc21. The average molecular weight is 436 g/mol. The summed E-state index contributed by atoms with van der Waals surface area (Å²) < 4.78 is 0. The second-order valence-corrected chi connectivity index (χ2v) is 8.67. The summed E-state index contributed by atoms with van der Waals surface area (Å²) in [5.74, 6) is 1.10. The fourth-order valence-electron chi connectivity index (χ4n) is 4.87. The Kier molecular flexibility index (Phi) is 5.65. The van der Waals surface area contributed by atoms with Crippen LogP contribution < -0.4 is 20.4 Å². The number of nitrogens with one attached hydrogen (secondary N) is 2. The van der Waals surface area contributed by atoms with Gasteiger partial charge >= 0.3 is 5.97 Å². The van der Waals surface area contributed by atoms with Gasteiger partial charge in [0.2, 0.25) is 5.95 Å². The summed E-state index contributed by atoms with van der Waals surface area (Å²) in [5, 5.41) is 16.3. The maximum atomic E-state index is 11.8. The first-order valence-corrected chi connectivity index (χ1v) is 11.4. The highest BCUT2D eigenvalue weighted by Crippen LogP contribution is 2.38. The fraction of sp³-hybridized carbons (Fsp3) is 0.478. The van der Waals surface area contributed by atoms with E-state index in [4.69, 9.17) is 4.98 Å². The molecule has 0 aromatic carbocycles. The van der Waals surface area contributed by atoms with Crippen LogP contribution in [0.2, 0.25) is 0 Å². The average Bonchev–Trinajstić information content (AvgIpc) is 3.35. The summed E-state index contributed by atoms with van der Waals surface area (Å²) in [6, 6.07) is 4.33. The molecule has 3 N–H and O–H groups in total. The summed E-state index contributed by atoms with van der Waals surface area (Å²) in [7, 11) is 0. The van der Waals surface area contributed by atoms with E-state index in [1.807, 2.05) is 19.2 Å². The van der Waals surface area contributed by atoms with Crippen LogP contribution in [-0.4, -0.2) is 64.8 Å². The Hall–Kier alpha value is -3.20. The van der Waals surface area contributed by atoms with E-state index >= 15 is 0 Å². The van der Waals surface area contributed by atoms with Crippen molar-refractivity contribution in [2.45, 2.75) is 38.6 Å². The number of pyridine rings is 1. The molecule has 1 saturated heterocycles. The monoisotopic (exact) mass is 435 g/mol. The molecule has 5 rings (SSSR count). The maximum Gasteiger partial charge on any atom is 0.333 e. The first-order chi connectivity index (χ1) is 15.6. The second-order valence-electron chi connectivity index (χ2n) is 8.67. The van der Waals surface area contributed by atoms with Gasteiger partial charge in [0.1, 0.15) is 11.6 Å². The zero-order valence-corrected chi connectivity index (χ0v) is 18.3. The number of hydrogen-bond acceptors (Lipinski definition) is 8. The van der Waals surface area contributed by atoms with Gasteiger partial charge < -0.3 is 25.5 Å². The molecule has 0 unspecified atom stereocenters. The van der Waals surface area contributed by atoms with E-state index in [2.05, 4.69) is 36.5 Å². The zero-order chi connectivity index (χ0) is 22.1. The molecule has 2 aromatic rings. The number of fused-ring (bicyclic) bond motifs is 1. The van der Waals surface area contributed by atoms with Gasteiger partial charge in [0.25, 0.3) is 0 Å². The van der Waals surface area contributed by atoms with E-state index in [1.165, 1.54) is 12.8 Å². The van der Waals surface area contributed by atoms with E-state index in [0.29, 0.717) is 29.9 Å². The lowest BCUT2D eigenvalue weighted by atomic mass is 9.96. The summed E-state index contributed by atoms with van der Waals surface area (Å²) in [4.78, 5) is 30.1. The summed E-state index contributed by atoms with van der Waals surface area (Å²) >= 11 is 0. The first-order valence-electron chi connectivity index (χ1n) is 11.4. The summed E-state index contributed by atoms with van der Waals surface area (Å²) in [6.07, 6.45) is 8.07. The number of allylic oxidation sites excluding steroid dienone is 1. The molecule has 0 atom stereocenters. The third kappa shape index (κ3) is 4.00. The van der Waals surface area contributed by atoms with E-state index < -0.39 is 5.97 Å². The second kappa shape index (κ2) is 8.74. The van der Waals surface area contributed by atoms with Crippen LogP contribution in [-0.2, 0) is 4.79 Å². The smallest absolute Gasteiger partial charge is 0.333 e. The van der Waals surface area contributed by atoms with Crippen molar-refractivity contribution in [3.8, 4) is 0 Å². The van der Waals surface area contributed by atoms with Crippen LogP contribution >= 0.6 is 0 Å². The summed E-state index contributed by atoms with van der Waals surface area (Å²) in [6.45, 7) is 6.15. The molecule has 4 heterocycles. The number of nitrogens with zero attached hydrogens (tertiary/aromatic N) is 5. The van der Waals surface area contributed by atoms with Crippen molar-refractivity contribution in [1.29, 1.82) is 0 Å². The number of piperazine rings is 1. The maximum absolute atomic E-state index is 11.8. The van der Waals surface area contributed by atoms with Gasteiger partial charge in [-0.05, 0) is 37.5 Å². The number of hydrogen-bond donors (Lipinski definition) is 3. The van der Waals surface area contributed by atoms with Crippen molar-refractivity contribution < 1.29 is 9.90 Å². The van der Waals surface area contributed by atoms with E-state index in [0.717, 1.165) is 61.7 Å². The number of anilines is 4. The third-order valence-electron chi connectivity index (χ3n) is 6.72. The van der Waals surface area contributed by atoms with Crippen molar-refractivity contribution in [1.82, 2.24) is 20.3 Å². The Morgan fingerprint density at radius 1 is 1.16 bits per heavy atom. The predicted octanol–water partition coefficient (Wildman–Crippen LogP) is 2.65. The van der Waals surface area contributed by atoms with E-state index in [-0.39, 0.29) is 0 Å². The lowest BCUT2D eigenvalue weighted by Gasteiger charge is -2.35. The van der Waals surface area contributed by atoms with Gasteiger partial charge in [0.15, 0.2) is 0 Å². The fourth-order valence-corrected chi connectivity index (χ4v) is 4.87. The van der Waals surface area contributed by atoms with Gasteiger partial charge in [-0.3, -0.25) is 0 Å². The molecule has 0 bridgehead atoms. The molecular formula is C23H29N7O2. The van der Waals surface area contributed by atoms with Crippen molar-refractivity contribution in [2.75, 3.05) is 47.8 Å². The lowest BCUT2D eigenvalue weighted by molar-refractivity contribution is -0.132. The van der Waals surface area contributed by atoms with Crippen LogP contribution in [0.15, 0.2) is 30.1 Å². The highest BCUT2D eigenvalue weighted by atomic mass is 16.4. The molecule has 32 heavy (non-hydrogen) atoms. The quantitative estimate of drug-likeness (QED) is 0.653. The molecule has 168 valence electrons. The van der Waals surface area contributed by atoms with Gasteiger partial charge in [-0.2, -0.15) is 4.98 Å². The normalized spacial score (nSPS) is 19.3. The number of carbonyl (C=O) groups is 1. The largest absolute Gasteiger partial charge is 0.478 e. The number of carboxylic acid groups (broad SMARTS) is 1. The van der Waals surface area contributed by atoms with Crippen LogP contribution in [0.5, 0.6) is 0 Å². The van der Waals surface area contributed by atoms with Gasteiger partial charge in [-0.15, -0.1) is 0 Å². The van der Waals surface area contributed by atoms with Crippen molar-refractivity contribution >= 4 is 34.8 Å². The Morgan fingerprint density at radius 3 is 2.62 bits per heavy atom. The van der Waals surface area contributed by atoms with Crippen LogP contribution in [0.25, 0.3) is 5.57 Å². The van der Waals surface area contributed by atoms with Gasteiger partial charge in [-0.25, -0.2) is 14.8 Å². The molecule has 1 aliphatic carbocycles. The van der Waals surface area contributed by atoms with Crippen molar-refractivity contribution in [2.24, 2.45) is 0 Å². The molecule has 3 aliphatic rings. The van der Waals surface area contributed by atoms with Crippen LogP contribution in [0.1, 0.15) is 38.2 Å². The van der Waals surface area contributed by atoms with Crippen LogP contribution in [0, 0.1) is 0 Å². The van der Waals surface area contributed by atoms with Crippen LogP contribution in [0.4, 0.5) is 23.3 Å². The van der Waals surface area contributed by atoms with Crippen molar-refractivity contribution in [3.05, 3.63) is 35.7 Å². The number of rotatable bonds is 5. The van der Waals surface area contributed by atoms with E-state index in [9.17, 15) is 9.90 Å². The van der Waals surface area contributed by atoms with Gasteiger partial charge in [-0.1, -0.05) is 12.8 Å². The van der Waals surface area contributed by atoms with Crippen molar-refractivity contribution in [3.63, 3.8) is 0 Å². The van der Waals surface area contributed by atoms with Gasteiger partial charge in [0, 0.05) is 44.0 Å². The Morgan fingerprint density at radius 2 is 1.94 bits per heavy atom. The molecule has 0 amide bonds. The lowest BCUT2D eigenvalue weighted by Crippen LogP contribution is -2.43. The minimum absolute atomic E-state index is 0.315.